The lowest BCUT2D eigenvalue weighted by Crippen LogP contribution is -2.26. The first-order chi connectivity index (χ1) is 12.1. The van der Waals surface area contributed by atoms with E-state index in [0.29, 0.717) is 31.9 Å². The van der Waals surface area contributed by atoms with Gasteiger partial charge in [-0.2, -0.15) is 0 Å². The molecule has 0 unspecified atom stereocenters. The van der Waals surface area contributed by atoms with E-state index < -0.39 is 0 Å². The van der Waals surface area contributed by atoms with Gasteiger partial charge in [0, 0.05) is 33.6 Å². The molecule has 0 fully saturated rings. The fourth-order valence-electron chi connectivity index (χ4n) is 2.33. The summed E-state index contributed by atoms with van der Waals surface area (Å²) in [4.78, 5) is 13.2. The van der Waals surface area contributed by atoms with Crippen molar-refractivity contribution in [2.45, 2.75) is 19.6 Å². The van der Waals surface area contributed by atoms with Gasteiger partial charge < -0.3 is 19.7 Å². The van der Waals surface area contributed by atoms with E-state index in [1.807, 2.05) is 48.5 Å². The average molecular weight is 342 g/mol. The molecular formula is C20H26N2O3. The van der Waals surface area contributed by atoms with Crippen molar-refractivity contribution in [3.05, 3.63) is 59.7 Å². The van der Waals surface area contributed by atoms with Gasteiger partial charge in [0.2, 0.25) is 5.91 Å². The zero-order valence-electron chi connectivity index (χ0n) is 15.1. The summed E-state index contributed by atoms with van der Waals surface area (Å²) < 4.78 is 11.3. The molecule has 0 heterocycles. The summed E-state index contributed by atoms with van der Waals surface area (Å²) in [5.41, 5.74) is 2.19. The second-order valence-electron chi connectivity index (χ2n) is 5.97. The minimum absolute atomic E-state index is 0.120. The molecule has 0 saturated heterocycles. The van der Waals surface area contributed by atoms with Gasteiger partial charge >= 0.3 is 0 Å². The van der Waals surface area contributed by atoms with Gasteiger partial charge in [0.1, 0.15) is 6.61 Å². The van der Waals surface area contributed by atoms with Gasteiger partial charge in [-0.3, -0.25) is 4.79 Å². The number of hydrogen-bond acceptors (Lipinski definition) is 4. The second kappa shape index (κ2) is 9.69. The third-order valence-electron chi connectivity index (χ3n) is 3.81. The van der Waals surface area contributed by atoms with Gasteiger partial charge in [0.15, 0.2) is 11.5 Å². The molecule has 0 aromatic heterocycles. The number of carbonyl (C=O) groups is 1. The van der Waals surface area contributed by atoms with Gasteiger partial charge in [-0.05, 0) is 23.3 Å². The minimum atomic E-state index is 0.120. The van der Waals surface area contributed by atoms with Crippen LogP contribution in [0.1, 0.15) is 17.5 Å². The summed E-state index contributed by atoms with van der Waals surface area (Å²) in [6.07, 6.45) is 0.487. The normalized spacial score (nSPS) is 10.4. The Morgan fingerprint density at radius 1 is 1.04 bits per heavy atom. The molecule has 0 aliphatic rings. The monoisotopic (exact) mass is 342 g/mol. The fraction of sp³-hybridized carbons (Fsp3) is 0.350. The highest BCUT2D eigenvalue weighted by Gasteiger charge is 2.07. The van der Waals surface area contributed by atoms with Crippen LogP contribution in [-0.4, -0.2) is 38.6 Å². The molecule has 1 amide bonds. The lowest BCUT2D eigenvalue weighted by molar-refractivity contribution is -0.128. The number of benzene rings is 2. The van der Waals surface area contributed by atoms with Gasteiger partial charge in [0.05, 0.1) is 7.11 Å². The Bertz CT molecular complexity index is 672. The number of nitrogens with one attached hydrogen (secondary N) is 1. The largest absolute Gasteiger partial charge is 0.493 e. The van der Waals surface area contributed by atoms with Crippen molar-refractivity contribution < 1.29 is 14.3 Å². The molecule has 0 radical (unpaired) electrons. The van der Waals surface area contributed by atoms with Crippen molar-refractivity contribution >= 4 is 5.91 Å². The van der Waals surface area contributed by atoms with Crippen molar-refractivity contribution in [3.8, 4) is 11.5 Å². The standard InChI is InChI=1S/C20H26N2O3/c1-22(2)20(23)11-12-21-14-17-9-10-18(24-3)19(13-17)25-15-16-7-5-4-6-8-16/h4-10,13,21H,11-12,14-15H2,1-3H3. The number of methoxy groups -OCH3 is 1. The topological polar surface area (TPSA) is 50.8 Å². The van der Waals surface area contributed by atoms with E-state index in [4.69, 9.17) is 9.47 Å². The van der Waals surface area contributed by atoms with Crippen LogP contribution in [0.4, 0.5) is 0 Å². The molecule has 2 aromatic carbocycles. The van der Waals surface area contributed by atoms with Crippen LogP contribution in [0, 0.1) is 0 Å². The number of rotatable bonds is 9. The molecule has 0 aliphatic heterocycles. The molecule has 1 N–H and O–H groups in total. The highest BCUT2D eigenvalue weighted by Crippen LogP contribution is 2.28. The number of nitrogens with zero attached hydrogens (tertiary/aromatic N) is 1. The maximum atomic E-state index is 11.6. The van der Waals surface area contributed by atoms with Crippen LogP contribution in [0.2, 0.25) is 0 Å². The number of hydrogen-bond donors (Lipinski definition) is 1. The van der Waals surface area contributed by atoms with Crippen LogP contribution in [0.5, 0.6) is 11.5 Å². The molecule has 25 heavy (non-hydrogen) atoms. The molecule has 5 nitrogen and oxygen atoms in total. The van der Waals surface area contributed by atoms with E-state index in [2.05, 4.69) is 5.32 Å². The van der Waals surface area contributed by atoms with Crippen LogP contribution in [0.3, 0.4) is 0 Å². The van der Waals surface area contributed by atoms with Crippen molar-refractivity contribution in [1.29, 1.82) is 0 Å². The summed E-state index contributed by atoms with van der Waals surface area (Å²) in [6.45, 7) is 1.81. The van der Waals surface area contributed by atoms with Gasteiger partial charge in [0.25, 0.3) is 0 Å². The first-order valence-electron chi connectivity index (χ1n) is 8.34. The summed E-state index contributed by atoms with van der Waals surface area (Å²) in [6, 6.07) is 15.9. The predicted octanol–water partition coefficient (Wildman–Crippen LogP) is 2.84. The zero-order valence-corrected chi connectivity index (χ0v) is 15.1. The van der Waals surface area contributed by atoms with Gasteiger partial charge in [-0.25, -0.2) is 0 Å². The third-order valence-corrected chi connectivity index (χ3v) is 3.81. The SMILES string of the molecule is COc1ccc(CNCCC(=O)N(C)C)cc1OCc1ccccc1. The zero-order chi connectivity index (χ0) is 18.1. The summed E-state index contributed by atoms with van der Waals surface area (Å²) in [7, 11) is 5.17. The van der Waals surface area contributed by atoms with Crippen LogP contribution in [-0.2, 0) is 17.9 Å². The minimum Gasteiger partial charge on any atom is -0.493 e. The van der Waals surface area contributed by atoms with E-state index >= 15 is 0 Å². The quantitative estimate of drug-likeness (QED) is 0.712. The Balaban J connectivity index is 1.91. The van der Waals surface area contributed by atoms with E-state index in [9.17, 15) is 4.79 Å². The smallest absolute Gasteiger partial charge is 0.223 e. The van der Waals surface area contributed by atoms with Gasteiger partial charge in [-0.1, -0.05) is 36.4 Å². The number of amides is 1. The second-order valence-corrected chi connectivity index (χ2v) is 5.97. The third kappa shape index (κ3) is 6.12. The van der Waals surface area contributed by atoms with Crippen LogP contribution >= 0.6 is 0 Å². The molecule has 5 heteroatoms. The molecular weight excluding hydrogens is 316 g/mol. The predicted molar refractivity (Wildman–Crippen MR) is 98.8 cm³/mol. The first kappa shape index (κ1) is 18.8. The maximum Gasteiger partial charge on any atom is 0.223 e. The average Bonchev–Trinajstić information content (AvgIpc) is 2.64. The van der Waals surface area contributed by atoms with Crippen LogP contribution in [0.25, 0.3) is 0 Å². The van der Waals surface area contributed by atoms with E-state index in [1.54, 1.807) is 26.1 Å². The molecule has 134 valence electrons. The van der Waals surface area contributed by atoms with Gasteiger partial charge in [-0.15, -0.1) is 0 Å². The van der Waals surface area contributed by atoms with E-state index in [-0.39, 0.29) is 5.91 Å². The Morgan fingerprint density at radius 2 is 1.80 bits per heavy atom. The fourth-order valence-corrected chi connectivity index (χ4v) is 2.33. The lowest BCUT2D eigenvalue weighted by atomic mass is 10.2. The molecule has 0 bridgehead atoms. The highest BCUT2D eigenvalue weighted by molar-refractivity contribution is 5.75. The summed E-state index contributed by atoms with van der Waals surface area (Å²) in [5, 5.41) is 3.28. The maximum absolute atomic E-state index is 11.6. The van der Waals surface area contributed by atoms with Crippen LogP contribution < -0.4 is 14.8 Å². The Labute approximate surface area is 149 Å². The summed E-state index contributed by atoms with van der Waals surface area (Å²) in [5.74, 6) is 1.55. The van der Waals surface area contributed by atoms with Crippen molar-refractivity contribution in [2.24, 2.45) is 0 Å². The van der Waals surface area contributed by atoms with E-state index in [0.717, 1.165) is 16.9 Å². The molecule has 2 aromatic rings. The highest BCUT2D eigenvalue weighted by atomic mass is 16.5. The number of ether oxygens (including phenoxy) is 2. The molecule has 0 saturated carbocycles. The first-order valence-corrected chi connectivity index (χ1v) is 8.34. The molecule has 0 atom stereocenters. The van der Waals surface area contributed by atoms with Crippen molar-refractivity contribution in [3.63, 3.8) is 0 Å². The Hall–Kier alpha value is -2.53. The molecule has 0 spiro atoms. The molecule has 0 aliphatic carbocycles. The Kier molecular flexibility index (Phi) is 7.29. The van der Waals surface area contributed by atoms with Crippen molar-refractivity contribution in [2.75, 3.05) is 27.7 Å². The van der Waals surface area contributed by atoms with Crippen LogP contribution in [0.15, 0.2) is 48.5 Å². The molecule has 2 rings (SSSR count). The lowest BCUT2D eigenvalue weighted by Gasteiger charge is -2.13. The Morgan fingerprint density at radius 3 is 2.48 bits per heavy atom. The number of carbonyl (C=O) groups excluding carboxylic acids is 1. The van der Waals surface area contributed by atoms with Crippen molar-refractivity contribution in [1.82, 2.24) is 10.2 Å². The van der Waals surface area contributed by atoms with E-state index in [1.165, 1.54) is 0 Å². The summed E-state index contributed by atoms with van der Waals surface area (Å²) >= 11 is 0.